The summed E-state index contributed by atoms with van der Waals surface area (Å²) in [4.78, 5) is 1.34. The highest BCUT2D eigenvalue weighted by molar-refractivity contribution is 7.98. The minimum Gasteiger partial charge on any atom is -0.382 e. The molecular formula is C15H22N2S. The van der Waals surface area contributed by atoms with Gasteiger partial charge >= 0.3 is 0 Å². The van der Waals surface area contributed by atoms with E-state index in [2.05, 4.69) is 41.2 Å². The van der Waals surface area contributed by atoms with Crippen molar-refractivity contribution in [1.82, 2.24) is 5.32 Å². The fourth-order valence-electron chi connectivity index (χ4n) is 3.40. The molecule has 1 aliphatic heterocycles. The number of thioether (sulfide) groups is 1. The van der Waals surface area contributed by atoms with Crippen LogP contribution in [0.25, 0.3) is 0 Å². The summed E-state index contributed by atoms with van der Waals surface area (Å²) in [5, 5.41) is 7.16. The van der Waals surface area contributed by atoms with Gasteiger partial charge in [-0.3, -0.25) is 0 Å². The van der Waals surface area contributed by atoms with Crippen molar-refractivity contribution in [3.63, 3.8) is 0 Å². The summed E-state index contributed by atoms with van der Waals surface area (Å²) in [6, 6.07) is 9.46. The minimum absolute atomic E-state index is 0.667. The Hall–Kier alpha value is -0.670. The Bertz CT molecular complexity index is 405. The Labute approximate surface area is 114 Å². The standard InChI is InChI=1S/C15H22N2S/c1-18-14-4-2-3-12(9-14)17-13-10-15(11-13)5-7-16-8-6-15/h2-4,9,13,16-17H,5-8,10-11H2,1H3. The molecule has 3 rings (SSSR count). The van der Waals surface area contributed by atoms with E-state index in [9.17, 15) is 0 Å². The Morgan fingerprint density at radius 2 is 2.06 bits per heavy atom. The van der Waals surface area contributed by atoms with Gasteiger partial charge in [-0.2, -0.15) is 0 Å². The fourth-order valence-corrected chi connectivity index (χ4v) is 3.86. The van der Waals surface area contributed by atoms with Crippen LogP contribution in [-0.4, -0.2) is 25.4 Å². The average Bonchev–Trinajstić information content (AvgIpc) is 2.38. The number of benzene rings is 1. The number of rotatable bonds is 3. The van der Waals surface area contributed by atoms with Crippen molar-refractivity contribution in [2.45, 2.75) is 36.6 Å². The molecule has 0 atom stereocenters. The lowest BCUT2D eigenvalue weighted by Crippen LogP contribution is -2.50. The van der Waals surface area contributed by atoms with Crippen LogP contribution in [0.3, 0.4) is 0 Å². The van der Waals surface area contributed by atoms with Crippen molar-refractivity contribution in [1.29, 1.82) is 0 Å². The Kier molecular flexibility index (Phi) is 3.53. The van der Waals surface area contributed by atoms with Crippen LogP contribution in [-0.2, 0) is 0 Å². The molecular weight excluding hydrogens is 240 g/mol. The first-order valence-corrected chi connectivity index (χ1v) is 8.13. The molecule has 1 saturated carbocycles. The quantitative estimate of drug-likeness (QED) is 0.817. The smallest absolute Gasteiger partial charge is 0.0353 e. The number of piperidine rings is 1. The van der Waals surface area contributed by atoms with Gasteiger partial charge in [-0.15, -0.1) is 11.8 Å². The van der Waals surface area contributed by atoms with Gasteiger partial charge < -0.3 is 10.6 Å². The second-order valence-electron chi connectivity index (χ2n) is 5.73. The van der Waals surface area contributed by atoms with Gasteiger partial charge in [0.1, 0.15) is 0 Å². The Balaban J connectivity index is 1.55. The molecule has 1 heterocycles. The summed E-state index contributed by atoms with van der Waals surface area (Å²) in [5.41, 5.74) is 1.95. The van der Waals surface area contributed by atoms with Gasteiger partial charge in [0.25, 0.3) is 0 Å². The van der Waals surface area contributed by atoms with Gasteiger partial charge in [0.15, 0.2) is 0 Å². The third kappa shape index (κ3) is 2.52. The molecule has 0 aromatic heterocycles. The molecule has 0 unspecified atom stereocenters. The predicted molar refractivity (Wildman–Crippen MR) is 79.4 cm³/mol. The zero-order chi connectivity index (χ0) is 12.4. The summed E-state index contributed by atoms with van der Waals surface area (Å²) in [6.45, 7) is 2.43. The summed E-state index contributed by atoms with van der Waals surface area (Å²) in [7, 11) is 0. The van der Waals surface area contributed by atoms with Gasteiger partial charge in [-0.1, -0.05) is 6.07 Å². The third-order valence-corrected chi connectivity index (χ3v) is 5.19. The molecule has 98 valence electrons. The number of hydrogen-bond acceptors (Lipinski definition) is 3. The Morgan fingerprint density at radius 1 is 1.28 bits per heavy atom. The topological polar surface area (TPSA) is 24.1 Å². The summed E-state index contributed by atoms with van der Waals surface area (Å²) < 4.78 is 0. The van der Waals surface area contributed by atoms with Crippen molar-refractivity contribution >= 4 is 17.4 Å². The maximum Gasteiger partial charge on any atom is 0.0353 e. The number of hydrogen-bond donors (Lipinski definition) is 2. The van der Waals surface area contributed by atoms with E-state index in [1.807, 2.05) is 11.8 Å². The molecule has 2 N–H and O–H groups in total. The van der Waals surface area contributed by atoms with Gasteiger partial charge in [-0.25, -0.2) is 0 Å². The zero-order valence-electron chi connectivity index (χ0n) is 11.0. The van der Waals surface area contributed by atoms with Crippen LogP contribution in [0, 0.1) is 5.41 Å². The molecule has 1 spiro atoms. The highest BCUT2D eigenvalue weighted by Gasteiger charge is 2.44. The maximum atomic E-state index is 3.69. The van der Waals surface area contributed by atoms with E-state index in [0.717, 1.165) is 0 Å². The van der Waals surface area contributed by atoms with Crippen LogP contribution in [0.5, 0.6) is 0 Å². The third-order valence-electron chi connectivity index (χ3n) is 4.46. The lowest BCUT2D eigenvalue weighted by atomic mass is 9.60. The van der Waals surface area contributed by atoms with Crippen molar-refractivity contribution in [3.05, 3.63) is 24.3 Å². The van der Waals surface area contributed by atoms with Crippen LogP contribution in [0.2, 0.25) is 0 Å². The molecule has 1 aliphatic carbocycles. The Morgan fingerprint density at radius 3 is 2.78 bits per heavy atom. The van der Waals surface area contributed by atoms with Gasteiger partial charge in [0, 0.05) is 16.6 Å². The highest BCUT2D eigenvalue weighted by atomic mass is 32.2. The molecule has 1 saturated heterocycles. The first-order chi connectivity index (χ1) is 8.80. The van der Waals surface area contributed by atoms with Gasteiger partial charge in [-0.05, 0) is 68.6 Å². The molecule has 0 amide bonds. The van der Waals surface area contributed by atoms with E-state index in [4.69, 9.17) is 0 Å². The van der Waals surface area contributed by atoms with Crippen molar-refractivity contribution in [3.8, 4) is 0 Å². The highest BCUT2D eigenvalue weighted by Crippen LogP contribution is 2.48. The van der Waals surface area contributed by atoms with Gasteiger partial charge in [0.2, 0.25) is 0 Å². The first-order valence-electron chi connectivity index (χ1n) is 6.91. The predicted octanol–water partition coefficient (Wildman–Crippen LogP) is 3.35. The van der Waals surface area contributed by atoms with Crippen molar-refractivity contribution in [2.75, 3.05) is 24.7 Å². The molecule has 18 heavy (non-hydrogen) atoms. The largest absolute Gasteiger partial charge is 0.382 e. The van der Waals surface area contributed by atoms with Crippen molar-refractivity contribution < 1.29 is 0 Å². The molecule has 2 nitrogen and oxygen atoms in total. The van der Waals surface area contributed by atoms with Crippen LogP contribution in [0.1, 0.15) is 25.7 Å². The van der Waals surface area contributed by atoms with E-state index < -0.39 is 0 Å². The zero-order valence-corrected chi connectivity index (χ0v) is 11.9. The minimum atomic E-state index is 0.667. The van der Waals surface area contributed by atoms with E-state index in [1.165, 1.54) is 49.4 Å². The normalized spacial score (nSPS) is 22.7. The lowest BCUT2D eigenvalue weighted by Gasteiger charge is -2.50. The molecule has 1 aromatic carbocycles. The second kappa shape index (κ2) is 5.14. The van der Waals surface area contributed by atoms with E-state index >= 15 is 0 Å². The second-order valence-corrected chi connectivity index (χ2v) is 6.61. The molecule has 3 heteroatoms. The van der Waals surface area contributed by atoms with Crippen LogP contribution in [0.15, 0.2) is 29.2 Å². The lowest BCUT2D eigenvalue weighted by molar-refractivity contribution is 0.0718. The van der Waals surface area contributed by atoms with Crippen LogP contribution in [0.4, 0.5) is 5.69 Å². The fraction of sp³-hybridized carbons (Fsp3) is 0.600. The number of anilines is 1. The summed E-state index contributed by atoms with van der Waals surface area (Å²) in [5.74, 6) is 0. The van der Waals surface area contributed by atoms with Crippen molar-refractivity contribution in [2.24, 2.45) is 5.41 Å². The molecule has 2 fully saturated rings. The SMILES string of the molecule is CSc1cccc(NC2CC3(CCNCC3)C2)c1. The average molecular weight is 262 g/mol. The number of nitrogens with one attached hydrogen (secondary N) is 2. The van der Waals surface area contributed by atoms with E-state index in [-0.39, 0.29) is 0 Å². The van der Waals surface area contributed by atoms with Gasteiger partial charge in [0.05, 0.1) is 0 Å². The maximum absolute atomic E-state index is 3.69. The molecule has 1 aromatic rings. The molecule has 0 bridgehead atoms. The van der Waals surface area contributed by atoms with E-state index in [1.54, 1.807) is 0 Å². The van der Waals surface area contributed by atoms with E-state index in [0.29, 0.717) is 11.5 Å². The monoisotopic (exact) mass is 262 g/mol. The summed E-state index contributed by atoms with van der Waals surface area (Å²) in [6.07, 6.45) is 7.59. The van der Waals surface area contributed by atoms with Crippen LogP contribution < -0.4 is 10.6 Å². The molecule has 2 aliphatic rings. The van der Waals surface area contributed by atoms with Crippen LogP contribution >= 0.6 is 11.8 Å². The first kappa shape index (κ1) is 12.4. The summed E-state index contributed by atoms with van der Waals surface area (Å²) >= 11 is 1.81. The molecule has 0 radical (unpaired) electrons.